The monoisotopic (exact) mass is 558 g/mol. The minimum absolute atomic E-state index is 0.138. The highest BCUT2D eigenvalue weighted by Gasteiger charge is 2.69. The molecule has 3 heterocycles. The Kier molecular flexibility index (Phi) is 7.42. The molecule has 9 heteroatoms. The molecule has 5 rings (SSSR count). The van der Waals surface area contributed by atoms with Crippen molar-refractivity contribution < 1.29 is 33.7 Å². The summed E-state index contributed by atoms with van der Waals surface area (Å²) in [6.07, 6.45) is 12.2. The zero-order valence-corrected chi connectivity index (χ0v) is 23.6. The second-order valence-corrected chi connectivity index (χ2v) is 11.5. The molecule has 1 saturated carbocycles. The standard InChI is InChI=1S/C32H34N2O7/c1-20-8-5-11-24-30(2,13-12-21-16-25(35)39-19-21)32(4,38)27(41-29(37)23-10-7-15-34-18-23)26(31(20,24)3)40-28(36)22-9-6-14-33-17-22/h6-10,12-18,24,26-27,38H,5,11,19H2,1-4H3/t24-,26+,27+,30-,31+,32+/m1/s1. The van der Waals surface area contributed by atoms with Crippen molar-refractivity contribution in [1.29, 1.82) is 0 Å². The van der Waals surface area contributed by atoms with Gasteiger partial charge in [-0.1, -0.05) is 37.6 Å². The molecule has 9 nitrogen and oxygen atoms in total. The van der Waals surface area contributed by atoms with Crippen molar-refractivity contribution in [2.24, 2.45) is 16.7 Å². The van der Waals surface area contributed by atoms with E-state index in [2.05, 4.69) is 16.0 Å². The SMILES string of the molecule is CC1=CCC[C@H]2[C@@]1(C)[C@@H](OC(=O)c1cccnc1)[C@H](OC(=O)c1cccnc1)[C@](C)(O)[C@]2(C)C=CC1=CC(=O)OC1. The fourth-order valence-electron chi connectivity index (χ4n) is 6.62. The fraction of sp³-hybridized carbons (Fsp3) is 0.406. The molecule has 1 aliphatic heterocycles. The molecular formula is C32H34N2O7. The number of carbonyl (C=O) groups is 3. The molecule has 2 aromatic heterocycles. The van der Waals surface area contributed by atoms with E-state index in [4.69, 9.17) is 14.2 Å². The first kappa shape index (κ1) is 28.4. The molecule has 0 spiro atoms. The maximum atomic E-state index is 13.5. The van der Waals surface area contributed by atoms with E-state index in [1.807, 2.05) is 26.8 Å². The third-order valence-electron chi connectivity index (χ3n) is 9.30. The van der Waals surface area contributed by atoms with Gasteiger partial charge >= 0.3 is 17.9 Å². The van der Waals surface area contributed by atoms with Gasteiger partial charge in [0.1, 0.15) is 12.2 Å². The number of hydrogen-bond donors (Lipinski definition) is 1. The molecule has 41 heavy (non-hydrogen) atoms. The Morgan fingerprint density at radius 1 is 1.02 bits per heavy atom. The topological polar surface area (TPSA) is 125 Å². The number of hydrogen-bond acceptors (Lipinski definition) is 9. The van der Waals surface area contributed by atoms with E-state index in [1.165, 1.54) is 18.5 Å². The Morgan fingerprint density at radius 2 is 1.63 bits per heavy atom. The average Bonchev–Trinajstić information content (AvgIpc) is 3.39. The summed E-state index contributed by atoms with van der Waals surface area (Å²) in [4.78, 5) is 46.7. The van der Waals surface area contributed by atoms with Gasteiger partial charge in [-0.3, -0.25) is 9.97 Å². The molecule has 2 aromatic rings. The van der Waals surface area contributed by atoms with Crippen LogP contribution in [0, 0.1) is 16.7 Å². The zero-order valence-electron chi connectivity index (χ0n) is 23.6. The van der Waals surface area contributed by atoms with Crippen molar-refractivity contribution in [3.8, 4) is 0 Å². The Balaban J connectivity index is 1.64. The van der Waals surface area contributed by atoms with Gasteiger partial charge in [0.25, 0.3) is 0 Å². The normalized spacial score (nSPS) is 32.9. The van der Waals surface area contributed by atoms with Crippen molar-refractivity contribution >= 4 is 17.9 Å². The quantitative estimate of drug-likeness (QED) is 0.312. The summed E-state index contributed by atoms with van der Waals surface area (Å²) in [7, 11) is 0. The van der Waals surface area contributed by atoms with Gasteiger partial charge in [0.15, 0.2) is 12.2 Å². The molecule has 0 aromatic carbocycles. The number of esters is 3. The summed E-state index contributed by atoms with van der Waals surface area (Å²) in [6.45, 7) is 7.65. The van der Waals surface area contributed by atoms with Gasteiger partial charge in [-0.05, 0) is 62.4 Å². The van der Waals surface area contributed by atoms with E-state index in [0.717, 1.165) is 12.0 Å². The van der Waals surface area contributed by atoms with Gasteiger partial charge in [-0.15, -0.1) is 0 Å². The van der Waals surface area contributed by atoms with Crippen molar-refractivity contribution in [2.75, 3.05) is 6.61 Å². The summed E-state index contributed by atoms with van der Waals surface area (Å²) in [6, 6.07) is 6.43. The van der Waals surface area contributed by atoms with Gasteiger partial charge < -0.3 is 19.3 Å². The molecule has 0 radical (unpaired) electrons. The molecule has 0 amide bonds. The Labute approximate surface area is 238 Å². The number of rotatable bonds is 6. The van der Waals surface area contributed by atoms with E-state index in [-0.39, 0.29) is 23.7 Å². The van der Waals surface area contributed by atoms with Crippen LogP contribution in [0.5, 0.6) is 0 Å². The van der Waals surface area contributed by atoms with Crippen molar-refractivity contribution in [3.63, 3.8) is 0 Å². The predicted molar refractivity (Wildman–Crippen MR) is 148 cm³/mol. The number of ether oxygens (including phenoxy) is 3. The Morgan fingerprint density at radius 3 is 2.17 bits per heavy atom. The average molecular weight is 559 g/mol. The van der Waals surface area contributed by atoms with E-state index in [9.17, 15) is 19.5 Å². The van der Waals surface area contributed by atoms with Crippen LogP contribution in [0.2, 0.25) is 0 Å². The highest BCUT2D eigenvalue weighted by atomic mass is 16.6. The number of pyridine rings is 2. The number of aliphatic hydroxyl groups is 1. The van der Waals surface area contributed by atoms with Crippen LogP contribution in [0.15, 0.2) is 84.5 Å². The number of allylic oxidation sites excluding steroid dienone is 1. The third-order valence-corrected chi connectivity index (χ3v) is 9.30. The molecule has 0 bridgehead atoms. The van der Waals surface area contributed by atoms with Crippen molar-refractivity contribution in [2.45, 2.75) is 58.3 Å². The summed E-state index contributed by atoms with van der Waals surface area (Å²) in [5.41, 5.74) is -1.44. The summed E-state index contributed by atoms with van der Waals surface area (Å²) in [5.74, 6) is -1.98. The minimum Gasteiger partial charge on any atom is -0.458 e. The lowest BCUT2D eigenvalue weighted by atomic mass is 9.44. The number of fused-ring (bicyclic) bond motifs is 1. The molecule has 3 aliphatic rings. The number of aromatic nitrogens is 2. The first-order chi connectivity index (χ1) is 19.5. The highest BCUT2D eigenvalue weighted by Crippen LogP contribution is 2.63. The van der Waals surface area contributed by atoms with Crippen molar-refractivity contribution in [3.05, 3.63) is 95.6 Å². The molecule has 1 N–H and O–H groups in total. The van der Waals surface area contributed by atoms with Crippen LogP contribution in [-0.2, 0) is 19.0 Å². The molecule has 2 aliphatic carbocycles. The Hall–Kier alpha value is -4.11. The smallest absolute Gasteiger partial charge is 0.340 e. The lowest BCUT2D eigenvalue weighted by Crippen LogP contribution is -2.72. The lowest BCUT2D eigenvalue weighted by Gasteiger charge is -2.64. The number of carbonyl (C=O) groups excluding carboxylic acids is 3. The summed E-state index contributed by atoms with van der Waals surface area (Å²) >= 11 is 0. The fourth-order valence-corrected chi connectivity index (χ4v) is 6.62. The number of cyclic esters (lactones) is 1. The van der Waals surface area contributed by atoms with Crippen molar-refractivity contribution in [1.82, 2.24) is 9.97 Å². The van der Waals surface area contributed by atoms with Gasteiger partial charge in [-0.2, -0.15) is 0 Å². The maximum absolute atomic E-state index is 13.5. The largest absolute Gasteiger partial charge is 0.458 e. The van der Waals surface area contributed by atoms with Crippen LogP contribution in [0.1, 0.15) is 61.3 Å². The first-order valence-electron chi connectivity index (χ1n) is 13.7. The van der Waals surface area contributed by atoms with Crippen LogP contribution >= 0.6 is 0 Å². The van der Waals surface area contributed by atoms with E-state index >= 15 is 0 Å². The zero-order chi connectivity index (χ0) is 29.4. The highest BCUT2D eigenvalue weighted by molar-refractivity contribution is 5.90. The van der Waals surface area contributed by atoms with E-state index < -0.39 is 46.5 Å². The van der Waals surface area contributed by atoms with Crippen LogP contribution in [0.3, 0.4) is 0 Å². The molecule has 214 valence electrons. The third kappa shape index (κ3) is 4.88. The first-order valence-corrected chi connectivity index (χ1v) is 13.7. The summed E-state index contributed by atoms with van der Waals surface area (Å²) in [5, 5.41) is 12.5. The molecule has 1 fully saturated rings. The molecule has 0 saturated heterocycles. The van der Waals surface area contributed by atoms with Crippen LogP contribution in [0.4, 0.5) is 0 Å². The lowest BCUT2D eigenvalue weighted by molar-refractivity contribution is -0.251. The van der Waals surface area contributed by atoms with Gasteiger partial charge in [-0.25, -0.2) is 14.4 Å². The molecule has 6 atom stereocenters. The van der Waals surface area contributed by atoms with E-state index in [0.29, 0.717) is 12.0 Å². The Bertz CT molecular complexity index is 1430. The second-order valence-electron chi connectivity index (χ2n) is 11.5. The number of nitrogens with zero attached hydrogens (tertiary/aromatic N) is 2. The van der Waals surface area contributed by atoms with Crippen LogP contribution in [-0.4, -0.2) is 57.4 Å². The second kappa shape index (κ2) is 10.7. The van der Waals surface area contributed by atoms with Gasteiger partial charge in [0.2, 0.25) is 0 Å². The van der Waals surface area contributed by atoms with Gasteiger partial charge in [0.05, 0.1) is 11.1 Å². The molecule has 0 unspecified atom stereocenters. The summed E-state index contributed by atoms with van der Waals surface area (Å²) < 4.78 is 17.4. The van der Waals surface area contributed by atoms with Crippen LogP contribution in [0.25, 0.3) is 0 Å². The predicted octanol–water partition coefficient (Wildman–Crippen LogP) is 4.40. The molecular weight excluding hydrogens is 524 g/mol. The van der Waals surface area contributed by atoms with E-state index in [1.54, 1.807) is 49.7 Å². The maximum Gasteiger partial charge on any atom is 0.340 e. The minimum atomic E-state index is -1.72. The van der Waals surface area contributed by atoms with Gasteiger partial charge in [0, 0.05) is 41.7 Å². The van der Waals surface area contributed by atoms with Crippen LogP contribution < -0.4 is 0 Å².